The minimum atomic E-state index is -1.07. The van der Waals surface area contributed by atoms with E-state index in [4.69, 9.17) is 0 Å². The van der Waals surface area contributed by atoms with Crippen LogP contribution in [0.25, 0.3) is 10.9 Å². The van der Waals surface area contributed by atoms with Crippen LogP contribution in [0.5, 0.6) is 0 Å². The number of rotatable bonds is 5. The fraction of sp³-hybridized carbons (Fsp3) is 0.250. The number of aromatic nitrogens is 2. The predicted molar refractivity (Wildman–Crippen MR) is 128 cm³/mol. The first kappa shape index (κ1) is 21.8. The normalized spacial score (nSPS) is 15.7. The molecule has 2 aromatic carbocycles. The van der Waals surface area contributed by atoms with Crippen LogP contribution in [-0.4, -0.2) is 32.2 Å². The van der Waals surface area contributed by atoms with Gasteiger partial charge in [0, 0.05) is 6.54 Å². The van der Waals surface area contributed by atoms with Gasteiger partial charge in [-0.1, -0.05) is 42.1 Å². The minimum Gasteiger partial charge on any atom is -0.322 e. The molecule has 0 saturated heterocycles. The van der Waals surface area contributed by atoms with E-state index in [1.165, 1.54) is 21.2 Å². The smallest absolute Gasteiger partial charge is 0.262 e. The molecular formula is C24H24N4O3S. The number of nitrogens with one attached hydrogen (secondary N) is 1. The first-order valence-electron chi connectivity index (χ1n) is 10.3. The average molecular weight is 449 g/mol. The largest absolute Gasteiger partial charge is 0.322 e. The summed E-state index contributed by atoms with van der Waals surface area (Å²) in [7, 11) is 0. The molecule has 0 spiro atoms. The number of carbonyl (C=O) groups is 2. The van der Waals surface area contributed by atoms with Crippen molar-refractivity contribution in [3.8, 4) is 0 Å². The van der Waals surface area contributed by atoms with Crippen LogP contribution in [0.15, 0.2) is 71.1 Å². The third kappa shape index (κ3) is 3.60. The molecule has 4 rings (SSSR count). The molecule has 0 saturated carbocycles. The molecule has 1 unspecified atom stereocenters. The summed E-state index contributed by atoms with van der Waals surface area (Å²) in [6.07, 6.45) is 1.63. The standard InChI is InChI=1S/C24H24N4O3S/c1-5-14-27-21(30)16-10-6-7-11-17(16)26-23(27)32-15(2)20(29)28-19-13-9-8-12-18(19)25-22(31)24(28,3)4/h5-13,15H,1,14H2,2-4H3,(H,25,31). The van der Waals surface area contributed by atoms with Crippen LogP contribution in [0.3, 0.4) is 0 Å². The maximum Gasteiger partial charge on any atom is 0.262 e. The molecule has 8 heteroatoms. The molecule has 0 aliphatic carbocycles. The van der Waals surface area contributed by atoms with Crippen molar-refractivity contribution in [3.63, 3.8) is 0 Å². The molecule has 0 radical (unpaired) electrons. The monoisotopic (exact) mass is 448 g/mol. The summed E-state index contributed by atoms with van der Waals surface area (Å²) in [6, 6.07) is 14.4. The molecule has 7 nitrogen and oxygen atoms in total. The Kier molecular flexibility index (Phi) is 5.64. The molecule has 1 atom stereocenters. The molecule has 1 aliphatic heterocycles. The highest BCUT2D eigenvalue weighted by Crippen LogP contribution is 2.38. The maximum atomic E-state index is 13.6. The molecule has 2 amide bonds. The summed E-state index contributed by atoms with van der Waals surface area (Å²) in [5, 5.41) is 3.22. The number of hydrogen-bond acceptors (Lipinski definition) is 5. The number of carbonyl (C=O) groups excluding carboxylic acids is 2. The van der Waals surface area contributed by atoms with E-state index in [9.17, 15) is 14.4 Å². The number of nitrogens with zero attached hydrogens (tertiary/aromatic N) is 3. The van der Waals surface area contributed by atoms with Crippen molar-refractivity contribution >= 4 is 45.9 Å². The van der Waals surface area contributed by atoms with E-state index in [0.29, 0.717) is 27.4 Å². The van der Waals surface area contributed by atoms with Gasteiger partial charge < -0.3 is 5.32 Å². The zero-order valence-electron chi connectivity index (χ0n) is 18.2. The predicted octanol–water partition coefficient (Wildman–Crippen LogP) is 3.83. The minimum absolute atomic E-state index is 0.180. The molecular weight excluding hydrogens is 424 g/mol. The molecule has 2 heterocycles. The summed E-state index contributed by atoms with van der Waals surface area (Å²) in [5.41, 5.74) is 0.556. The van der Waals surface area contributed by atoms with Crippen molar-refractivity contribution < 1.29 is 9.59 Å². The zero-order valence-corrected chi connectivity index (χ0v) is 19.0. The van der Waals surface area contributed by atoms with E-state index in [1.54, 1.807) is 51.1 Å². The van der Waals surface area contributed by atoms with Crippen LogP contribution in [0.2, 0.25) is 0 Å². The molecule has 164 valence electrons. The van der Waals surface area contributed by atoms with Crippen LogP contribution in [0.1, 0.15) is 20.8 Å². The quantitative estimate of drug-likeness (QED) is 0.364. The number of fused-ring (bicyclic) bond motifs is 2. The van der Waals surface area contributed by atoms with Crippen LogP contribution >= 0.6 is 11.8 Å². The molecule has 32 heavy (non-hydrogen) atoms. The summed E-state index contributed by atoms with van der Waals surface area (Å²) < 4.78 is 1.52. The number of allylic oxidation sites excluding steroid dienone is 1. The van der Waals surface area contributed by atoms with Crippen molar-refractivity contribution in [1.82, 2.24) is 9.55 Å². The van der Waals surface area contributed by atoms with Gasteiger partial charge in [-0.15, -0.1) is 6.58 Å². The van der Waals surface area contributed by atoms with Crippen LogP contribution in [-0.2, 0) is 16.1 Å². The van der Waals surface area contributed by atoms with E-state index in [-0.39, 0.29) is 23.9 Å². The van der Waals surface area contributed by atoms with Crippen LogP contribution in [0, 0.1) is 0 Å². The van der Waals surface area contributed by atoms with Crippen molar-refractivity contribution in [2.24, 2.45) is 0 Å². The third-order valence-electron chi connectivity index (χ3n) is 5.50. The second-order valence-electron chi connectivity index (χ2n) is 8.08. The lowest BCUT2D eigenvalue weighted by molar-refractivity contribution is -0.126. The van der Waals surface area contributed by atoms with Gasteiger partial charge in [0.15, 0.2) is 5.16 Å². The summed E-state index contributed by atoms with van der Waals surface area (Å²) >= 11 is 1.20. The molecule has 3 aromatic rings. The Morgan fingerprint density at radius 1 is 1.19 bits per heavy atom. The number of hydrogen-bond donors (Lipinski definition) is 1. The van der Waals surface area contributed by atoms with Gasteiger partial charge >= 0.3 is 0 Å². The molecule has 1 N–H and O–H groups in total. The zero-order chi connectivity index (χ0) is 23.0. The molecule has 1 aromatic heterocycles. The Labute approximate surface area is 190 Å². The Bertz CT molecular complexity index is 1300. The van der Waals surface area contributed by atoms with Gasteiger partial charge in [0.05, 0.1) is 27.5 Å². The van der Waals surface area contributed by atoms with Gasteiger partial charge in [0.2, 0.25) is 11.8 Å². The van der Waals surface area contributed by atoms with E-state index in [2.05, 4.69) is 16.9 Å². The van der Waals surface area contributed by atoms with E-state index < -0.39 is 10.8 Å². The van der Waals surface area contributed by atoms with Crippen LogP contribution in [0.4, 0.5) is 11.4 Å². The first-order valence-corrected chi connectivity index (χ1v) is 11.2. The molecule has 0 bridgehead atoms. The Balaban J connectivity index is 1.74. The summed E-state index contributed by atoms with van der Waals surface area (Å²) in [4.78, 5) is 45.6. The fourth-order valence-corrected chi connectivity index (χ4v) is 4.72. The van der Waals surface area contributed by atoms with Gasteiger partial charge in [0.25, 0.3) is 5.56 Å². The first-order chi connectivity index (χ1) is 15.3. The SMILES string of the molecule is C=CCn1c(SC(C)C(=O)N2c3ccccc3NC(=O)C2(C)C)nc2ccccc2c1=O. The fourth-order valence-electron chi connectivity index (χ4n) is 3.76. The molecule has 0 fully saturated rings. The Morgan fingerprint density at radius 2 is 1.88 bits per heavy atom. The number of anilines is 2. The van der Waals surface area contributed by atoms with E-state index >= 15 is 0 Å². The highest BCUT2D eigenvalue weighted by molar-refractivity contribution is 8.00. The van der Waals surface area contributed by atoms with Crippen molar-refractivity contribution in [2.45, 2.75) is 43.3 Å². The lowest BCUT2D eigenvalue weighted by Gasteiger charge is -2.43. The Morgan fingerprint density at radius 3 is 2.62 bits per heavy atom. The van der Waals surface area contributed by atoms with Gasteiger partial charge in [-0.2, -0.15) is 0 Å². The van der Waals surface area contributed by atoms with Gasteiger partial charge in [-0.05, 0) is 45.0 Å². The average Bonchev–Trinajstić information content (AvgIpc) is 2.77. The maximum absolute atomic E-state index is 13.6. The van der Waals surface area contributed by atoms with Gasteiger partial charge in [-0.3, -0.25) is 23.9 Å². The van der Waals surface area contributed by atoms with Crippen LogP contribution < -0.4 is 15.8 Å². The van der Waals surface area contributed by atoms with Gasteiger partial charge in [-0.25, -0.2) is 4.98 Å². The summed E-state index contributed by atoms with van der Waals surface area (Å²) in [6.45, 7) is 9.22. The van der Waals surface area contributed by atoms with Gasteiger partial charge in [0.1, 0.15) is 5.54 Å². The number of benzene rings is 2. The highest BCUT2D eigenvalue weighted by atomic mass is 32.2. The lowest BCUT2D eigenvalue weighted by Crippen LogP contribution is -2.60. The lowest BCUT2D eigenvalue weighted by atomic mass is 9.96. The third-order valence-corrected chi connectivity index (χ3v) is 6.57. The number of thioether (sulfide) groups is 1. The van der Waals surface area contributed by atoms with E-state index in [0.717, 1.165) is 0 Å². The van der Waals surface area contributed by atoms with Crippen molar-refractivity contribution in [3.05, 3.63) is 71.5 Å². The van der Waals surface area contributed by atoms with Crippen molar-refractivity contribution in [1.29, 1.82) is 0 Å². The summed E-state index contributed by atoms with van der Waals surface area (Å²) in [5.74, 6) is -0.496. The highest BCUT2D eigenvalue weighted by Gasteiger charge is 2.44. The number of amides is 2. The Hall–Kier alpha value is -3.39. The second-order valence-corrected chi connectivity index (χ2v) is 9.39. The van der Waals surface area contributed by atoms with E-state index in [1.807, 2.05) is 24.3 Å². The topological polar surface area (TPSA) is 84.3 Å². The number of para-hydroxylation sites is 3. The molecule has 1 aliphatic rings. The second kappa shape index (κ2) is 8.27. The van der Waals surface area contributed by atoms with Crippen molar-refractivity contribution in [2.75, 3.05) is 10.2 Å².